The van der Waals surface area contributed by atoms with Crippen molar-refractivity contribution in [1.29, 1.82) is 0 Å². The molecule has 1 N–H and O–H groups in total. The van der Waals surface area contributed by atoms with Gasteiger partial charge in [-0.25, -0.2) is 0 Å². The summed E-state index contributed by atoms with van der Waals surface area (Å²) >= 11 is 0. The fourth-order valence-corrected chi connectivity index (χ4v) is 0.278. The van der Waals surface area contributed by atoms with Crippen molar-refractivity contribution in [2.24, 2.45) is 0 Å². The Hall–Kier alpha value is 0.176. The van der Waals surface area contributed by atoms with Crippen molar-refractivity contribution >= 4 is 26.6 Å². The molecule has 0 atom stereocenters. The van der Waals surface area contributed by atoms with E-state index in [1.807, 2.05) is 24.5 Å². The largest absolute Gasteiger partial charge is 0.368 e. The first-order valence-corrected chi connectivity index (χ1v) is 1.58. The van der Waals surface area contributed by atoms with Gasteiger partial charge in [-0.1, -0.05) is 0 Å². The van der Waals surface area contributed by atoms with E-state index >= 15 is 0 Å². The summed E-state index contributed by atoms with van der Waals surface area (Å²) in [7, 11) is 0. The van der Waals surface area contributed by atoms with Gasteiger partial charge >= 0.3 is 26.6 Å². The zero-order valence-electron chi connectivity index (χ0n) is 3.31. The van der Waals surface area contributed by atoms with Gasteiger partial charge in [0.05, 0.1) is 0 Å². The molecule has 6 heavy (non-hydrogen) atoms. The minimum atomic E-state index is 0. The molecule has 0 bridgehead atoms. The molecule has 2 heteroatoms. The van der Waals surface area contributed by atoms with E-state index in [2.05, 4.69) is 4.98 Å². The molecule has 0 aliphatic rings. The second-order valence-electron chi connectivity index (χ2n) is 0.885. The Morgan fingerprint density at radius 2 is 1.50 bits per heavy atom. The third-order valence-electron chi connectivity index (χ3n) is 0.496. The van der Waals surface area contributed by atoms with Gasteiger partial charge in [-0.05, 0) is 12.1 Å². The molecule has 0 radical (unpaired) electrons. The molecule has 34 valence electrons. The maximum absolute atomic E-state index is 2.86. The van der Waals surface area contributed by atoms with E-state index in [4.69, 9.17) is 0 Å². The number of hydrogen-bond acceptors (Lipinski definition) is 0. The van der Waals surface area contributed by atoms with Crippen molar-refractivity contribution in [3.8, 4) is 0 Å². The van der Waals surface area contributed by atoms with Crippen molar-refractivity contribution in [2.75, 3.05) is 0 Å². The minimum absolute atomic E-state index is 0. The van der Waals surface area contributed by atoms with Gasteiger partial charge in [0.1, 0.15) is 0 Å². The van der Waals surface area contributed by atoms with Crippen molar-refractivity contribution in [1.82, 2.24) is 4.98 Å². The van der Waals surface area contributed by atoms with Gasteiger partial charge in [0.15, 0.2) is 0 Å². The van der Waals surface area contributed by atoms with E-state index < -0.39 is 0 Å². The van der Waals surface area contributed by atoms with Gasteiger partial charge in [-0.15, -0.1) is 0 Å². The molecule has 0 fully saturated rings. The van der Waals surface area contributed by atoms with Crippen LogP contribution in [0.25, 0.3) is 0 Å². The molecule has 1 nitrogen and oxygen atoms in total. The molecule has 0 aliphatic heterocycles. The van der Waals surface area contributed by atoms with Crippen LogP contribution in [0.5, 0.6) is 0 Å². The quantitative estimate of drug-likeness (QED) is 0.693. The number of rotatable bonds is 0. The van der Waals surface area contributed by atoms with E-state index in [1.54, 1.807) is 0 Å². The normalized spacial score (nSPS) is 6.67. The van der Waals surface area contributed by atoms with Crippen molar-refractivity contribution in [3.05, 3.63) is 24.5 Å². The van der Waals surface area contributed by atoms with Crippen LogP contribution >= 0.6 is 0 Å². The number of hydrogen-bond donors (Lipinski definition) is 1. The van der Waals surface area contributed by atoms with Crippen LogP contribution in [0.3, 0.4) is 0 Å². The molecule has 1 rings (SSSR count). The van der Waals surface area contributed by atoms with Crippen molar-refractivity contribution in [3.63, 3.8) is 0 Å². The van der Waals surface area contributed by atoms with E-state index in [0.717, 1.165) is 0 Å². The molecule has 1 aromatic heterocycles. The smallest absolute Gasteiger partial charge is 0.000496 e. The maximum Gasteiger partial charge on any atom is 0.000496 e. The second-order valence-corrected chi connectivity index (χ2v) is 0.885. The molecule has 1 aromatic rings. The molecule has 0 saturated heterocycles. The maximum atomic E-state index is 2.86. The number of nitrogens with one attached hydrogen (secondary N) is 1. The fourth-order valence-electron chi connectivity index (χ4n) is 0.278. The average molecular weight is 278 g/mol. The van der Waals surface area contributed by atoms with Gasteiger partial charge in [-0.2, -0.15) is 0 Å². The molecule has 1 heterocycles. The molecular formula is C4H7NPo. The van der Waals surface area contributed by atoms with Crippen LogP contribution in [0.2, 0.25) is 0 Å². The van der Waals surface area contributed by atoms with Crippen LogP contribution in [0.4, 0.5) is 0 Å². The van der Waals surface area contributed by atoms with Gasteiger partial charge in [0.25, 0.3) is 0 Å². The summed E-state index contributed by atoms with van der Waals surface area (Å²) in [6.07, 6.45) is 3.75. The monoisotopic (exact) mass is 278 g/mol. The Kier molecular flexibility index (Phi) is 3.47. The summed E-state index contributed by atoms with van der Waals surface area (Å²) in [5.41, 5.74) is 0. The van der Waals surface area contributed by atoms with E-state index in [0.29, 0.717) is 0 Å². The molecule has 0 aliphatic carbocycles. The van der Waals surface area contributed by atoms with Crippen LogP contribution in [0.1, 0.15) is 0 Å². The van der Waals surface area contributed by atoms with Gasteiger partial charge in [-0.3, -0.25) is 0 Å². The molecule has 0 spiro atoms. The summed E-state index contributed by atoms with van der Waals surface area (Å²) in [6.45, 7) is 0. The van der Waals surface area contributed by atoms with Crippen LogP contribution in [0, 0.1) is 0 Å². The Morgan fingerprint density at radius 1 is 1.00 bits per heavy atom. The zero-order valence-corrected chi connectivity index (χ0v) is 7.20. The number of aromatic amines is 1. The van der Waals surface area contributed by atoms with Gasteiger partial charge < -0.3 is 4.98 Å². The third kappa shape index (κ3) is 1.57. The van der Waals surface area contributed by atoms with Gasteiger partial charge in [0, 0.05) is 12.4 Å². The molecule has 0 aromatic carbocycles. The zero-order chi connectivity index (χ0) is 3.54. The SMILES string of the molecule is [PoH2].c1cc[nH]c1. The Bertz CT molecular complexity index is 64.0. The summed E-state index contributed by atoms with van der Waals surface area (Å²) in [5, 5.41) is 0. The number of aromatic nitrogens is 1. The summed E-state index contributed by atoms with van der Waals surface area (Å²) < 4.78 is 0. The third-order valence-corrected chi connectivity index (χ3v) is 0.496. The molecule has 0 unspecified atom stereocenters. The van der Waals surface area contributed by atoms with Crippen LogP contribution in [-0.4, -0.2) is 31.6 Å². The van der Waals surface area contributed by atoms with Crippen molar-refractivity contribution < 1.29 is 0 Å². The van der Waals surface area contributed by atoms with E-state index in [-0.39, 0.29) is 26.6 Å². The fraction of sp³-hybridized carbons (Fsp3) is 0. The Labute approximate surface area is 56.2 Å². The summed E-state index contributed by atoms with van der Waals surface area (Å²) in [4.78, 5) is 2.86. The molecule has 0 amide bonds. The summed E-state index contributed by atoms with van der Waals surface area (Å²) in [6, 6.07) is 3.89. The first-order chi connectivity index (χ1) is 2.50. The van der Waals surface area contributed by atoms with Crippen LogP contribution in [-0.2, 0) is 0 Å². The molecule has 0 saturated carbocycles. The van der Waals surface area contributed by atoms with E-state index in [9.17, 15) is 0 Å². The predicted octanol–water partition coefficient (Wildman–Crippen LogP) is 0.0985. The number of H-pyrrole nitrogens is 1. The predicted molar refractivity (Wildman–Crippen MR) is 29.3 cm³/mol. The van der Waals surface area contributed by atoms with Crippen molar-refractivity contribution in [2.45, 2.75) is 0 Å². The van der Waals surface area contributed by atoms with Crippen LogP contribution in [0.15, 0.2) is 24.5 Å². The van der Waals surface area contributed by atoms with Gasteiger partial charge in [0.2, 0.25) is 0 Å². The summed E-state index contributed by atoms with van der Waals surface area (Å²) in [5.74, 6) is 0. The minimum Gasteiger partial charge on any atom is -0.368 e. The standard InChI is InChI=1S/C4H5N.Po.2H/c1-2-4-5-3-1;;;/h1-5H;;;. The second kappa shape index (κ2) is 3.37. The average Bonchev–Trinajstić information content (AvgIpc) is 1.76. The topological polar surface area (TPSA) is 15.8 Å². The first-order valence-electron chi connectivity index (χ1n) is 1.58. The molecular weight excluding hydrogens is 271 g/mol. The van der Waals surface area contributed by atoms with Crippen LogP contribution < -0.4 is 0 Å². The Morgan fingerprint density at radius 3 is 1.67 bits per heavy atom. The Balaban J connectivity index is 0.000000250. The van der Waals surface area contributed by atoms with E-state index in [1.165, 1.54) is 0 Å². The first kappa shape index (κ1) is 6.18.